The number of aromatic nitrogens is 2. The zero-order valence-corrected chi connectivity index (χ0v) is 8.31. The molecule has 2 rings (SSSR count). The van der Waals surface area contributed by atoms with E-state index in [4.69, 9.17) is 5.73 Å². The van der Waals surface area contributed by atoms with Crippen molar-refractivity contribution in [1.82, 2.24) is 9.97 Å². The van der Waals surface area contributed by atoms with Crippen molar-refractivity contribution in [3.8, 4) is 0 Å². The van der Waals surface area contributed by atoms with Gasteiger partial charge in [0.05, 0.1) is 0 Å². The third-order valence-corrected chi connectivity index (χ3v) is 2.42. The Morgan fingerprint density at radius 2 is 2.14 bits per heavy atom. The molecule has 0 amide bonds. The highest BCUT2D eigenvalue weighted by Crippen LogP contribution is 2.22. The lowest BCUT2D eigenvalue weighted by Crippen LogP contribution is -1.97. The number of hydrogen-bond acceptors (Lipinski definition) is 4. The van der Waals surface area contributed by atoms with Gasteiger partial charge in [0.15, 0.2) is 5.16 Å². The topological polar surface area (TPSA) is 51.8 Å². The van der Waals surface area contributed by atoms with Gasteiger partial charge in [-0.05, 0) is 18.4 Å². The third kappa shape index (κ3) is 1.39. The molecule has 0 spiro atoms. The van der Waals surface area contributed by atoms with Crippen molar-refractivity contribution in [2.24, 2.45) is 0 Å². The lowest BCUT2D eigenvalue weighted by Gasteiger charge is -2.03. The van der Waals surface area contributed by atoms with Crippen LogP contribution < -0.4 is 5.73 Å². The van der Waals surface area contributed by atoms with E-state index in [1.54, 1.807) is 12.1 Å². The predicted octanol–water partition coefficient (Wildman–Crippen LogP) is 2.07. The molecule has 2 aromatic rings. The first-order valence-corrected chi connectivity index (χ1v) is 5.20. The molecule has 1 heterocycles. The molecule has 1 aromatic carbocycles. The van der Waals surface area contributed by atoms with Gasteiger partial charge in [0.25, 0.3) is 0 Å². The maximum atomic E-state index is 13.3. The zero-order chi connectivity index (χ0) is 10.1. The van der Waals surface area contributed by atoms with Gasteiger partial charge in [-0.3, -0.25) is 0 Å². The molecule has 0 radical (unpaired) electrons. The van der Waals surface area contributed by atoms with E-state index < -0.39 is 0 Å². The lowest BCUT2D eigenvalue weighted by atomic mass is 10.2. The summed E-state index contributed by atoms with van der Waals surface area (Å²) in [5.74, 6) is -0.0502. The average molecular weight is 209 g/mol. The number of anilines is 1. The lowest BCUT2D eigenvalue weighted by molar-refractivity contribution is 0.635. The van der Waals surface area contributed by atoms with E-state index in [0.717, 1.165) is 0 Å². The number of fused-ring (bicyclic) bond motifs is 1. The van der Waals surface area contributed by atoms with Crippen molar-refractivity contribution >= 4 is 28.5 Å². The second kappa shape index (κ2) is 3.42. The van der Waals surface area contributed by atoms with Crippen LogP contribution in [0.25, 0.3) is 10.9 Å². The van der Waals surface area contributed by atoms with Gasteiger partial charge < -0.3 is 5.73 Å². The molecular formula is C9H8FN3S. The van der Waals surface area contributed by atoms with Gasteiger partial charge in [0.2, 0.25) is 0 Å². The Kier molecular flexibility index (Phi) is 2.25. The maximum absolute atomic E-state index is 13.3. The van der Waals surface area contributed by atoms with Crippen molar-refractivity contribution < 1.29 is 4.39 Å². The fraction of sp³-hybridized carbons (Fsp3) is 0.111. The summed E-state index contributed by atoms with van der Waals surface area (Å²) >= 11 is 1.34. The molecule has 5 heteroatoms. The number of nitrogens with zero attached hydrogens (tertiary/aromatic N) is 2. The van der Waals surface area contributed by atoms with E-state index in [-0.39, 0.29) is 11.3 Å². The van der Waals surface area contributed by atoms with Crippen LogP contribution in [0.1, 0.15) is 0 Å². The van der Waals surface area contributed by atoms with Gasteiger partial charge in [-0.15, -0.1) is 0 Å². The summed E-state index contributed by atoms with van der Waals surface area (Å²) in [6.45, 7) is 0. The van der Waals surface area contributed by atoms with Crippen LogP contribution in [0.4, 0.5) is 10.2 Å². The summed E-state index contributed by atoms with van der Waals surface area (Å²) in [7, 11) is 0. The zero-order valence-electron chi connectivity index (χ0n) is 7.49. The van der Waals surface area contributed by atoms with Crippen LogP contribution in [-0.2, 0) is 0 Å². The van der Waals surface area contributed by atoms with Crippen LogP contribution in [0.3, 0.4) is 0 Å². The normalized spacial score (nSPS) is 10.7. The van der Waals surface area contributed by atoms with Crippen LogP contribution >= 0.6 is 11.8 Å². The van der Waals surface area contributed by atoms with E-state index in [0.29, 0.717) is 16.4 Å². The number of nitrogens with two attached hydrogens (primary N) is 1. The van der Waals surface area contributed by atoms with E-state index >= 15 is 0 Å². The van der Waals surface area contributed by atoms with Gasteiger partial charge in [-0.2, -0.15) is 0 Å². The third-order valence-electron chi connectivity index (χ3n) is 1.87. The van der Waals surface area contributed by atoms with Crippen molar-refractivity contribution in [3.05, 3.63) is 24.0 Å². The number of halogens is 1. The minimum absolute atomic E-state index is 0.282. The summed E-state index contributed by atoms with van der Waals surface area (Å²) in [6.07, 6.45) is 1.82. The molecule has 0 saturated carbocycles. The molecule has 3 nitrogen and oxygen atoms in total. The first kappa shape index (κ1) is 9.21. The smallest absolute Gasteiger partial charge is 0.189 e. The average Bonchev–Trinajstić information content (AvgIpc) is 2.19. The van der Waals surface area contributed by atoms with Gasteiger partial charge in [-0.25, -0.2) is 14.4 Å². The summed E-state index contributed by atoms with van der Waals surface area (Å²) in [4.78, 5) is 8.07. The van der Waals surface area contributed by atoms with Crippen molar-refractivity contribution in [1.29, 1.82) is 0 Å². The fourth-order valence-electron chi connectivity index (χ4n) is 1.21. The summed E-state index contributed by atoms with van der Waals surface area (Å²) in [6, 6.07) is 4.66. The van der Waals surface area contributed by atoms with Crippen LogP contribution in [0, 0.1) is 5.82 Å². The molecule has 0 atom stereocenters. The molecule has 0 saturated heterocycles. The monoisotopic (exact) mass is 209 g/mol. The van der Waals surface area contributed by atoms with Gasteiger partial charge in [0, 0.05) is 5.39 Å². The number of benzene rings is 1. The Bertz CT molecular complexity index is 487. The van der Waals surface area contributed by atoms with Crippen molar-refractivity contribution in [2.45, 2.75) is 5.16 Å². The molecule has 0 aliphatic carbocycles. The second-order valence-corrected chi connectivity index (χ2v) is 3.50. The Labute approximate surface area is 84.5 Å². The second-order valence-electron chi connectivity index (χ2n) is 2.73. The highest BCUT2D eigenvalue weighted by molar-refractivity contribution is 7.98. The SMILES string of the molecule is CSc1nc(N)c2cccc(F)c2n1. The van der Waals surface area contributed by atoms with E-state index in [2.05, 4.69) is 9.97 Å². The first-order chi connectivity index (χ1) is 6.72. The summed E-state index contributed by atoms with van der Waals surface area (Å²) in [5, 5.41) is 1.04. The van der Waals surface area contributed by atoms with Gasteiger partial charge in [0.1, 0.15) is 17.2 Å². The quantitative estimate of drug-likeness (QED) is 0.577. The number of nitrogen functional groups attached to an aromatic ring is 1. The molecule has 0 bridgehead atoms. The van der Waals surface area contributed by atoms with Crippen molar-refractivity contribution in [2.75, 3.05) is 12.0 Å². The first-order valence-electron chi connectivity index (χ1n) is 3.98. The molecule has 14 heavy (non-hydrogen) atoms. The molecular weight excluding hydrogens is 201 g/mol. The summed E-state index contributed by atoms with van der Waals surface area (Å²) < 4.78 is 13.3. The highest BCUT2D eigenvalue weighted by atomic mass is 32.2. The number of thioether (sulfide) groups is 1. The minimum Gasteiger partial charge on any atom is -0.383 e. The highest BCUT2D eigenvalue weighted by Gasteiger charge is 2.07. The molecule has 0 aliphatic heterocycles. The van der Waals surface area contributed by atoms with Crippen LogP contribution in [0.15, 0.2) is 23.4 Å². The molecule has 0 unspecified atom stereocenters. The Morgan fingerprint density at radius 1 is 1.36 bits per heavy atom. The summed E-state index contributed by atoms with van der Waals surface area (Å²) in [5.41, 5.74) is 5.95. The predicted molar refractivity (Wildman–Crippen MR) is 55.7 cm³/mol. The minimum atomic E-state index is -0.369. The fourth-order valence-corrected chi connectivity index (χ4v) is 1.58. The molecule has 2 N–H and O–H groups in total. The number of para-hydroxylation sites is 1. The molecule has 0 fully saturated rings. The van der Waals surface area contributed by atoms with Crippen LogP contribution in [0.2, 0.25) is 0 Å². The van der Waals surface area contributed by atoms with Gasteiger partial charge in [-0.1, -0.05) is 17.8 Å². The van der Waals surface area contributed by atoms with E-state index in [1.165, 1.54) is 17.8 Å². The van der Waals surface area contributed by atoms with E-state index in [9.17, 15) is 4.39 Å². The molecule has 72 valence electrons. The Balaban J connectivity index is 2.83. The Hall–Kier alpha value is -1.36. The van der Waals surface area contributed by atoms with Crippen molar-refractivity contribution in [3.63, 3.8) is 0 Å². The van der Waals surface area contributed by atoms with Gasteiger partial charge >= 0.3 is 0 Å². The van der Waals surface area contributed by atoms with Crippen LogP contribution in [0.5, 0.6) is 0 Å². The standard InChI is InChI=1S/C9H8FN3S/c1-14-9-12-7-5(8(11)13-9)3-2-4-6(7)10/h2-4H,1H3,(H2,11,12,13). The van der Waals surface area contributed by atoms with E-state index in [1.807, 2.05) is 6.26 Å². The molecule has 0 aliphatic rings. The van der Waals surface area contributed by atoms with Crippen LogP contribution in [-0.4, -0.2) is 16.2 Å². The Morgan fingerprint density at radius 3 is 2.86 bits per heavy atom. The number of hydrogen-bond donors (Lipinski definition) is 1. The molecule has 1 aromatic heterocycles. The largest absolute Gasteiger partial charge is 0.383 e. The number of rotatable bonds is 1. The maximum Gasteiger partial charge on any atom is 0.189 e.